The van der Waals surface area contributed by atoms with Gasteiger partial charge in [-0.1, -0.05) is 18.2 Å². The standard InChI is InChI=1S/C28H32FN5O4/c1-18-22(29)16-19(26(36)32-20-6-7-20)17-23(18)34-13-10-31-25(27(34)37)33-28(8-9-28)21-4-2-3-5-24(21)38-15-12-30-11-14-35/h2-5,10,13,16-17,20,30,35H,6-9,11-12,14-15H2,1H3,(H,31,33)(H,32,36). The highest BCUT2D eigenvalue weighted by Crippen LogP contribution is 2.50. The molecule has 0 radical (unpaired) electrons. The summed E-state index contributed by atoms with van der Waals surface area (Å²) in [4.78, 5) is 30.4. The summed E-state index contributed by atoms with van der Waals surface area (Å²) in [6.45, 7) is 3.17. The van der Waals surface area contributed by atoms with Gasteiger partial charge in [-0.15, -0.1) is 0 Å². The lowest BCUT2D eigenvalue weighted by atomic mass is 10.0. The third-order valence-electron chi connectivity index (χ3n) is 6.93. The molecule has 0 saturated heterocycles. The van der Waals surface area contributed by atoms with Gasteiger partial charge in [-0.25, -0.2) is 9.37 Å². The zero-order valence-corrected chi connectivity index (χ0v) is 21.3. The molecule has 1 aromatic heterocycles. The van der Waals surface area contributed by atoms with Crippen molar-refractivity contribution in [3.05, 3.63) is 81.7 Å². The molecule has 1 amide bonds. The van der Waals surface area contributed by atoms with Gasteiger partial charge >= 0.3 is 0 Å². The van der Waals surface area contributed by atoms with Crippen molar-refractivity contribution >= 4 is 11.7 Å². The van der Waals surface area contributed by atoms with Crippen LogP contribution in [0, 0.1) is 12.7 Å². The van der Waals surface area contributed by atoms with Crippen molar-refractivity contribution in [2.75, 3.05) is 31.6 Å². The number of ether oxygens (including phenoxy) is 1. The summed E-state index contributed by atoms with van der Waals surface area (Å²) in [6.07, 6.45) is 6.38. The zero-order chi connectivity index (χ0) is 26.7. The Hall–Kier alpha value is -3.76. The van der Waals surface area contributed by atoms with E-state index < -0.39 is 16.9 Å². The molecule has 2 aliphatic rings. The van der Waals surface area contributed by atoms with E-state index in [-0.39, 0.29) is 35.5 Å². The van der Waals surface area contributed by atoms with E-state index >= 15 is 0 Å². The molecule has 1 heterocycles. The third-order valence-corrected chi connectivity index (χ3v) is 6.93. The van der Waals surface area contributed by atoms with E-state index in [0.717, 1.165) is 31.2 Å². The Morgan fingerprint density at radius 3 is 2.76 bits per heavy atom. The number of nitrogens with zero attached hydrogens (tertiary/aromatic N) is 2. The Kier molecular flexibility index (Phi) is 7.44. The number of halogens is 1. The minimum atomic E-state index is -0.556. The minimum Gasteiger partial charge on any atom is -0.492 e. The Labute approximate surface area is 220 Å². The highest BCUT2D eigenvalue weighted by molar-refractivity contribution is 5.95. The van der Waals surface area contributed by atoms with Gasteiger partial charge in [0.15, 0.2) is 5.82 Å². The monoisotopic (exact) mass is 521 g/mol. The van der Waals surface area contributed by atoms with Gasteiger partial charge in [0.25, 0.3) is 11.5 Å². The van der Waals surface area contributed by atoms with Crippen LogP contribution < -0.4 is 26.2 Å². The molecule has 2 fully saturated rings. The Morgan fingerprint density at radius 2 is 2.03 bits per heavy atom. The first-order chi connectivity index (χ1) is 18.4. The SMILES string of the molecule is Cc1c(F)cc(C(=O)NC2CC2)cc1-n1ccnc(NC2(c3ccccc3OCCNCCO)CC2)c1=O. The Bertz CT molecular complexity index is 1380. The van der Waals surface area contributed by atoms with Gasteiger partial charge in [0, 0.05) is 48.2 Å². The maximum absolute atomic E-state index is 14.8. The summed E-state index contributed by atoms with van der Waals surface area (Å²) in [7, 11) is 0. The zero-order valence-electron chi connectivity index (χ0n) is 21.3. The van der Waals surface area contributed by atoms with E-state index in [9.17, 15) is 14.0 Å². The fourth-order valence-electron chi connectivity index (χ4n) is 4.47. The number of aromatic nitrogens is 2. The van der Waals surface area contributed by atoms with Crippen molar-refractivity contribution in [3.8, 4) is 11.4 Å². The van der Waals surface area contributed by atoms with Gasteiger partial charge in [-0.05, 0) is 50.8 Å². The van der Waals surface area contributed by atoms with Crippen molar-refractivity contribution in [1.29, 1.82) is 0 Å². The van der Waals surface area contributed by atoms with Crippen molar-refractivity contribution in [1.82, 2.24) is 20.2 Å². The van der Waals surface area contributed by atoms with Crippen LogP contribution in [0.2, 0.25) is 0 Å². The molecule has 2 aliphatic carbocycles. The molecule has 0 unspecified atom stereocenters. The van der Waals surface area contributed by atoms with Crippen LogP contribution in [0.3, 0.4) is 0 Å². The van der Waals surface area contributed by atoms with Crippen LogP contribution in [-0.4, -0.2) is 52.9 Å². The number of hydrogen-bond donors (Lipinski definition) is 4. The van der Waals surface area contributed by atoms with Gasteiger partial charge in [0.2, 0.25) is 0 Å². The van der Waals surface area contributed by atoms with Gasteiger partial charge in [0.05, 0.1) is 17.8 Å². The second kappa shape index (κ2) is 10.9. The van der Waals surface area contributed by atoms with Crippen LogP contribution in [0.4, 0.5) is 10.2 Å². The number of para-hydroxylation sites is 1. The maximum atomic E-state index is 14.8. The highest BCUT2D eigenvalue weighted by atomic mass is 19.1. The molecule has 9 nitrogen and oxygen atoms in total. The normalized spacial score (nSPS) is 15.7. The molecule has 0 atom stereocenters. The molecule has 5 rings (SSSR count). The molecule has 2 aromatic carbocycles. The molecule has 38 heavy (non-hydrogen) atoms. The number of carbonyl (C=O) groups excluding carboxylic acids is 1. The molecule has 10 heteroatoms. The quantitative estimate of drug-likeness (QED) is 0.271. The first-order valence-corrected chi connectivity index (χ1v) is 12.9. The number of benzene rings is 2. The number of rotatable bonds is 12. The maximum Gasteiger partial charge on any atom is 0.297 e. The van der Waals surface area contributed by atoms with Gasteiger partial charge < -0.3 is 25.8 Å². The molecule has 2 saturated carbocycles. The molecule has 0 aliphatic heterocycles. The summed E-state index contributed by atoms with van der Waals surface area (Å²) in [5.74, 6) is -0.0583. The van der Waals surface area contributed by atoms with Crippen LogP contribution in [0.5, 0.6) is 5.75 Å². The summed E-state index contributed by atoms with van der Waals surface area (Å²) in [5.41, 5.74) is 0.721. The van der Waals surface area contributed by atoms with Crippen molar-refractivity contribution in [3.63, 3.8) is 0 Å². The predicted octanol–water partition coefficient (Wildman–Crippen LogP) is 2.63. The molecule has 0 spiro atoms. The van der Waals surface area contributed by atoms with E-state index in [0.29, 0.717) is 31.1 Å². The van der Waals surface area contributed by atoms with Gasteiger partial charge in [-0.2, -0.15) is 0 Å². The minimum absolute atomic E-state index is 0.0648. The predicted molar refractivity (Wildman–Crippen MR) is 141 cm³/mol. The van der Waals surface area contributed by atoms with Crippen LogP contribution in [0.25, 0.3) is 5.69 Å². The molecule has 200 valence electrons. The van der Waals surface area contributed by atoms with Crippen LogP contribution in [0.1, 0.15) is 47.2 Å². The number of anilines is 1. The number of amides is 1. The lowest BCUT2D eigenvalue weighted by Gasteiger charge is -2.22. The number of nitrogens with one attached hydrogen (secondary N) is 3. The summed E-state index contributed by atoms with van der Waals surface area (Å²) in [5, 5.41) is 18.2. The van der Waals surface area contributed by atoms with Crippen molar-refractivity contribution in [2.24, 2.45) is 0 Å². The summed E-state index contributed by atoms with van der Waals surface area (Å²) < 4.78 is 22.2. The first-order valence-electron chi connectivity index (χ1n) is 12.9. The van der Waals surface area contributed by atoms with Crippen molar-refractivity contribution < 1.29 is 19.0 Å². The van der Waals surface area contributed by atoms with E-state index in [1.165, 1.54) is 23.0 Å². The topological polar surface area (TPSA) is 118 Å². The smallest absolute Gasteiger partial charge is 0.297 e. The largest absolute Gasteiger partial charge is 0.492 e. The second-order valence-electron chi connectivity index (χ2n) is 9.83. The number of aliphatic hydroxyl groups is 1. The second-order valence-corrected chi connectivity index (χ2v) is 9.83. The van der Waals surface area contributed by atoms with Crippen LogP contribution in [-0.2, 0) is 5.54 Å². The molecule has 0 bridgehead atoms. The summed E-state index contributed by atoms with van der Waals surface area (Å²) in [6, 6.07) is 10.6. The number of hydrogen-bond acceptors (Lipinski definition) is 7. The molecular formula is C28H32FN5O4. The fraction of sp³-hybridized carbons (Fsp3) is 0.393. The fourth-order valence-corrected chi connectivity index (χ4v) is 4.47. The van der Waals surface area contributed by atoms with Crippen LogP contribution in [0.15, 0.2) is 53.6 Å². The van der Waals surface area contributed by atoms with E-state index in [2.05, 4.69) is 20.9 Å². The molecule has 3 aromatic rings. The third kappa shape index (κ3) is 5.56. The van der Waals surface area contributed by atoms with E-state index in [1.54, 1.807) is 13.0 Å². The van der Waals surface area contributed by atoms with E-state index in [4.69, 9.17) is 9.84 Å². The van der Waals surface area contributed by atoms with Crippen LogP contribution >= 0.6 is 0 Å². The Balaban J connectivity index is 1.40. The van der Waals surface area contributed by atoms with Gasteiger partial charge in [0.1, 0.15) is 18.2 Å². The molecular weight excluding hydrogens is 489 g/mol. The van der Waals surface area contributed by atoms with Crippen molar-refractivity contribution in [2.45, 2.75) is 44.2 Å². The summed E-state index contributed by atoms with van der Waals surface area (Å²) >= 11 is 0. The number of aliphatic hydroxyl groups excluding tert-OH is 1. The lowest BCUT2D eigenvalue weighted by molar-refractivity contribution is 0.0950. The molecule has 4 N–H and O–H groups in total. The number of carbonyl (C=O) groups is 1. The lowest BCUT2D eigenvalue weighted by Crippen LogP contribution is -2.30. The average molecular weight is 522 g/mol. The first kappa shape index (κ1) is 25.9. The van der Waals surface area contributed by atoms with E-state index in [1.807, 2.05) is 24.3 Å². The Morgan fingerprint density at radius 1 is 1.24 bits per heavy atom. The highest BCUT2D eigenvalue weighted by Gasteiger charge is 2.47. The average Bonchev–Trinajstić information content (AvgIpc) is 3.85. The van der Waals surface area contributed by atoms with Gasteiger partial charge in [-0.3, -0.25) is 14.2 Å².